The quantitative estimate of drug-likeness (QED) is 0.337. The molecule has 0 aliphatic rings. The average Bonchev–Trinajstić information content (AvgIpc) is 2.68. The zero-order valence-electron chi connectivity index (χ0n) is 22.9. The Hall–Kier alpha value is -1.27. The summed E-state index contributed by atoms with van der Waals surface area (Å²) >= 11 is 0. The maximum absolute atomic E-state index is 4.26. The predicted octanol–water partition coefficient (Wildman–Crippen LogP) is 10.0. The number of nitrogens with one attached hydrogen (secondary N) is 2. The van der Waals surface area contributed by atoms with E-state index >= 15 is 0 Å². The van der Waals surface area contributed by atoms with Gasteiger partial charge < -0.3 is 9.96 Å². The van der Waals surface area contributed by atoms with Crippen LogP contribution in [0.1, 0.15) is 83.1 Å². The van der Waals surface area contributed by atoms with Gasteiger partial charge in [-0.3, -0.25) is 0 Å². The highest BCUT2D eigenvalue weighted by Gasteiger charge is 2.45. The summed E-state index contributed by atoms with van der Waals surface area (Å²) in [5, 5.41) is 2.71. The molecule has 0 heterocycles. The van der Waals surface area contributed by atoms with Crippen LogP contribution < -0.4 is 9.96 Å². The monoisotopic (exact) mass is 470 g/mol. The van der Waals surface area contributed by atoms with Crippen LogP contribution in [0.4, 0.5) is 11.4 Å². The Bertz CT molecular complexity index is 772. The molecule has 0 aliphatic carbocycles. The number of anilines is 2. The van der Waals surface area contributed by atoms with E-state index in [1.165, 1.54) is 22.1 Å². The van der Waals surface area contributed by atoms with Crippen molar-refractivity contribution in [3.63, 3.8) is 0 Å². The molecule has 2 N–H and O–H groups in total. The second-order valence-corrected chi connectivity index (χ2v) is 22.9. The molecule has 0 atom stereocenters. The largest absolute Gasteiger partial charge is 0.409 e. The van der Waals surface area contributed by atoms with Crippen molar-refractivity contribution in [3.8, 4) is 0 Å². The third-order valence-corrected chi connectivity index (χ3v) is 21.2. The molecular weight excluding hydrogens is 420 g/mol. The van der Waals surface area contributed by atoms with Gasteiger partial charge in [0.05, 0.1) is 0 Å². The summed E-state index contributed by atoms with van der Waals surface area (Å²) in [6, 6.07) is 13.7. The molecule has 4 heteroatoms. The molecule has 0 spiro atoms. The van der Waals surface area contributed by atoms with E-state index < -0.39 is 16.5 Å². The molecule has 0 aliphatic heterocycles. The van der Waals surface area contributed by atoms with Crippen molar-refractivity contribution in [3.05, 3.63) is 36.4 Å². The minimum absolute atomic E-state index is 0.660. The number of fused-ring (bicyclic) bond motifs is 1. The van der Waals surface area contributed by atoms with E-state index in [2.05, 4.69) is 129 Å². The van der Waals surface area contributed by atoms with Gasteiger partial charge in [-0.15, -0.1) is 0 Å². The van der Waals surface area contributed by atoms with Crippen molar-refractivity contribution < 1.29 is 0 Å². The fourth-order valence-corrected chi connectivity index (χ4v) is 18.0. The maximum Gasteiger partial charge on any atom is 0.161 e. The van der Waals surface area contributed by atoms with Gasteiger partial charge in [0.1, 0.15) is 0 Å². The van der Waals surface area contributed by atoms with Gasteiger partial charge >= 0.3 is 0 Å². The van der Waals surface area contributed by atoms with Crippen molar-refractivity contribution in [2.24, 2.45) is 0 Å². The van der Waals surface area contributed by atoms with E-state index in [0.717, 1.165) is 0 Å². The van der Waals surface area contributed by atoms with Crippen LogP contribution in [0.25, 0.3) is 10.8 Å². The van der Waals surface area contributed by atoms with Gasteiger partial charge in [0.25, 0.3) is 0 Å². The Morgan fingerprint density at radius 2 is 0.750 bits per heavy atom. The highest BCUT2D eigenvalue weighted by Crippen LogP contribution is 2.46. The normalized spacial score (nSPS) is 13.4. The van der Waals surface area contributed by atoms with Gasteiger partial charge in [-0.05, 0) is 50.8 Å². The number of rotatable bonds is 10. The SMILES string of the molecule is CC(C)[Si](Nc1cccc2cccc(N[Si](C(C)C)(C(C)C)C(C)C)c12)(C(C)C)C(C)C. The van der Waals surface area contributed by atoms with Crippen LogP contribution >= 0.6 is 0 Å². The van der Waals surface area contributed by atoms with Crippen LogP contribution in [-0.4, -0.2) is 16.5 Å². The first-order chi connectivity index (χ1) is 14.8. The van der Waals surface area contributed by atoms with E-state index in [4.69, 9.17) is 0 Å². The van der Waals surface area contributed by atoms with Crippen molar-refractivity contribution in [2.45, 2.75) is 116 Å². The standard InChI is InChI=1S/C28H50N2Si2/c1-19(2)31(20(3)4,21(5)6)29-26-17-13-15-25-16-14-18-27(28(25)26)30-32(22(7)8,23(9)10)24(11)12/h13-24,29-30H,1-12H3. The zero-order valence-corrected chi connectivity index (χ0v) is 24.9. The molecule has 32 heavy (non-hydrogen) atoms. The summed E-state index contributed by atoms with van der Waals surface area (Å²) in [6.45, 7) is 29.1. The molecule has 0 saturated carbocycles. The van der Waals surface area contributed by atoms with E-state index in [1.54, 1.807) is 0 Å². The maximum atomic E-state index is 4.26. The van der Waals surface area contributed by atoms with Gasteiger partial charge in [-0.1, -0.05) is 107 Å². The Labute approximate surface area is 201 Å². The molecule has 0 bridgehead atoms. The van der Waals surface area contributed by atoms with Crippen molar-refractivity contribution >= 4 is 38.6 Å². The summed E-state index contributed by atoms with van der Waals surface area (Å²) in [6.07, 6.45) is 0. The molecule has 0 unspecified atom stereocenters. The first kappa shape index (κ1) is 27.0. The van der Waals surface area contributed by atoms with Crippen LogP contribution in [-0.2, 0) is 0 Å². The first-order valence-electron chi connectivity index (χ1n) is 12.9. The minimum atomic E-state index is -1.80. The zero-order chi connectivity index (χ0) is 24.4. The van der Waals surface area contributed by atoms with E-state index in [-0.39, 0.29) is 0 Å². The molecule has 0 amide bonds. The van der Waals surface area contributed by atoms with Crippen LogP contribution in [0, 0.1) is 0 Å². The first-order valence-corrected chi connectivity index (χ1v) is 17.4. The molecule has 2 nitrogen and oxygen atoms in total. The van der Waals surface area contributed by atoms with Crippen molar-refractivity contribution in [1.82, 2.24) is 0 Å². The molecule has 2 aromatic carbocycles. The Balaban J connectivity index is 2.75. The lowest BCUT2D eigenvalue weighted by atomic mass is 10.1. The van der Waals surface area contributed by atoms with Gasteiger partial charge in [0, 0.05) is 16.8 Å². The topological polar surface area (TPSA) is 24.1 Å². The van der Waals surface area contributed by atoms with Gasteiger partial charge in [-0.25, -0.2) is 0 Å². The number of hydrogen-bond acceptors (Lipinski definition) is 2. The summed E-state index contributed by atoms with van der Waals surface area (Å²) in [5.41, 5.74) is 6.62. The van der Waals surface area contributed by atoms with Crippen LogP contribution in [0.2, 0.25) is 33.2 Å². The Morgan fingerprint density at radius 1 is 0.469 bits per heavy atom. The fourth-order valence-electron chi connectivity index (χ4n) is 6.88. The summed E-state index contributed by atoms with van der Waals surface area (Å²) in [4.78, 5) is 8.52. The molecule has 0 aromatic heterocycles. The average molecular weight is 471 g/mol. The van der Waals surface area contributed by atoms with Crippen LogP contribution in [0.3, 0.4) is 0 Å². The fraction of sp³-hybridized carbons (Fsp3) is 0.643. The molecule has 2 rings (SSSR count). The molecule has 180 valence electrons. The third kappa shape index (κ3) is 4.68. The molecule has 2 aromatic rings. The Morgan fingerprint density at radius 3 is 1.00 bits per heavy atom. The number of hydrogen-bond donors (Lipinski definition) is 2. The summed E-state index contributed by atoms with van der Waals surface area (Å²) in [7, 11) is -3.60. The van der Waals surface area contributed by atoms with Gasteiger partial charge in [0.2, 0.25) is 0 Å². The lowest BCUT2D eigenvalue weighted by Gasteiger charge is -2.45. The highest BCUT2D eigenvalue weighted by atomic mass is 28.3. The summed E-state index contributed by atoms with van der Waals surface area (Å²) in [5.74, 6) is 0. The molecule has 0 saturated heterocycles. The van der Waals surface area contributed by atoms with Gasteiger partial charge in [-0.2, -0.15) is 0 Å². The number of benzene rings is 2. The predicted molar refractivity (Wildman–Crippen MR) is 153 cm³/mol. The lowest BCUT2D eigenvalue weighted by molar-refractivity contribution is 0.821. The highest BCUT2D eigenvalue weighted by molar-refractivity contribution is 6.87. The van der Waals surface area contributed by atoms with Crippen LogP contribution in [0.15, 0.2) is 36.4 Å². The van der Waals surface area contributed by atoms with Gasteiger partial charge in [0.15, 0.2) is 16.5 Å². The van der Waals surface area contributed by atoms with E-state index in [9.17, 15) is 0 Å². The van der Waals surface area contributed by atoms with Crippen molar-refractivity contribution in [1.29, 1.82) is 0 Å². The molecule has 0 radical (unpaired) electrons. The Kier molecular flexibility index (Phi) is 8.72. The minimum Gasteiger partial charge on any atom is -0.409 e. The second kappa shape index (κ2) is 10.3. The van der Waals surface area contributed by atoms with Crippen LogP contribution in [0.5, 0.6) is 0 Å². The lowest BCUT2D eigenvalue weighted by Crippen LogP contribution is -2.53. The van der Waals surface area contributed by atoms with E-state index in [1.807, 2.05) is 0 Å². The summed E-state index contributed by atoms with van der Waals surface area (Å²) < 4.78 is 0. The molecule has 0 fully saturated rings. The molecular formula is C28H50N2Si2. The smallest absolute Gasteiger partial charge is 0.161 e. The second-order valence-electron chi connectivity index (χ2n) is 11.8. The van der Waals surface area contributed by atoms with E-state index in [0.29, 0.717) is 33.2 Å². The third-order valence-electron chi connectivity index (χ3n) is 8.34. The van der Waals surface area contributed by atoms with Crippen molar-refractivity contribution in [2.75, 3.05) is 9.96 Å².